The summed E-state index contributed by atoms with van der Waals surface area (Å²) in [6.45, 7) is 0.0995. The Morgan fingerprint density at radius 1 is 1.05 bits per heavy atom. The molecule has 0 spiro atoms. The predicted octanol–water partition coefficient (Wildman–Crippen LogP) is 2.95. The SMILES string of the molecule is COc1ccc(OCCn2cc(C(F)(F)F)ccc2=O)cc1. The van der Waals surface area contributed by atoms with Gasteiger partial charge < -0.3 is 14.0 Å². The van der Waals surface area contributed by atoms with Crippen LogP contribution in [-0.4, -0.2) is 18.3 Å². The first-order valence-electron chi connectivity index (χ1n) is 6.45. The minimum Gasteiger partial charge on any atom is -0.497 e. The second kappa shape index (κ2) is 6.55. The highest BCUT2D eigenvalue weighted by atomic mass is 19.4. The molecular weight excluding hydrogens is 299 g/mol. The van der Waals surface area contributed by atoms with Gasteiger partial charge in [-0.2, -0.15) is 13.2 Å². The first-order valence-corrected chi connectivity index (χ1v) is 6.45. The van der Waals surface area contributed by atoms with Gasteiger partial charge in [0.05, 0.1) is 19.2 Å². The number of pyridine rings is 1. The van der Waals surface area contributed by atoms with Crippen molar-refractivity contribution >= 4 is 0 Å². The molecule has 0 atom stereocenters. The number of halogens is 3. The van der Waals surface area contributed by atoms with Crippen LogP contribution in [0.4, 0.5) is 13.2 Å². The molecule has 1 heterocycles. The number of alkyl halides is 3. The number of ether oxygens (including phenoxy) is 2. The minimum absolute atomic E-state index is 0.0226. The molecule has 4 nitrogen and oxygen atoms in total. The maximum atomic E-state index is 12.6. The largest absolute Gasteiger partial charge is 0.497 e. The van der Waals surface area contributed by atoms with Crippen LogP contribution in [-0.2, 0) is 12.7 Å². The molecule has 0 bridgehead atoms. The molecule has 0 amide bonds. The van der Waals surface area contributed by atoms with E-state index in [1.165, 1.54) is 7.11 Å². The van der Waals surface area contributed by atoms with Gasteiger partial charge in [-0.3, -0.25) is 4.79 Å². The van der Waals surface area contributed by atoms with Gasteiger partial charge in [-0.15, -0.1) is 0 Å². The Balaban J connectivity index is 2.00. The summed E-state index contributed by atoms with van der Waals surface area (Å²) in [5.41, 5.74) is -1.37. The van der Waals surface area contributed by atoms with Gasteiger partial charge in [-0.25, -0.2) is 0 Å². The van der Waals surface area contributed by atoms with Crippen LogP contribution in [0.25, 0.3) is 0 Å². The molecule has 1 aromatic carbocycles. The third-order valence-corrected chi connectivity index (χ3v) is 2.97. The van der Waals surface area contributed by atoms with Crippen molar-refractivity contribution in [2.45, 2.75) is 12.7 Å². The summed E-state index contributed by atoms with van der Waals surface area (Å²) in [5.74, 6) is 1.21. The van der Waals surface area contributed by atoms with Gasteiger partial charge in [0.15, 0.2) is 0 Å². The van der Waals surface area contributed by atoms with Crippen LogP contribution in [0.2, 0.25) is 0 Å². The molecule has 1 aromatic heterocycles. The molecule has 0 saturated heterocycles. The highest BCUT2D eigenvalue weighted by molar-refractivity contribution is 5.31. The quantitative estimate of drug-likeness (QED) is 0.852. The molecule has 0 aliphatic heterocycles. The van der Waals surface area contributed by atoms with Gasteiger partial charge in [0, 0.05) is 12.3 Å². The molecule has 0 aliphatic rings. The van der Waals surface area contributed by atoms with E-state index in [0.29, 0.717) is 11.5 Å². The molecule has 118 valence electrons. The fraction of sp³-hybridized carbons (Fsp3) is 0.267. The number of nitrogens with zero attached hydrogens (tertiary/aromatic N) is 1. The fourth-order valence-electron chi connectivity index (χ4n) is 1.81. The van der Waals surface area contributed by atoms with Crippen LogP contribution in [0.5, 0.6) is 11.5 Å². The lowest BCUT2D eigenvalue weighted by Crippen LogP contribution is -2.24. The van der Waals surface area contributed by atoms with E-state index < -0.39 is 17.3 Å². The molecule has 7 heteroatoms. The van der Waals surface area contributed by atoms with Gasteiger partial charge in [0.1, 0.15) is 18.1 Å². The van der Waals surface area contributed by atoms with Crippen LogP contribution >= 0.6 is 0 Å². The van der Waals surface area contributed by atoms with Crippen molar-refractivity contribution in [2.75, 3.05) is 13.7 Å². The summed E-state index contributed by atoms with van der Waals surface area (Å²) < 4.78 is 49.2. The van der Waals surface area contributed by atoms with E-state index in [1.807, 2.05) is 0 Å². The molecule has 0 radical (unpaired) electrons. The lowest BCUT2D eigenvalue weighted by Gasteiger charge is -2.11. The Kier molecular flexibility index (Phi) is 4.75. The zero-order valence-corrected chi connectivity index (χ0v) is 11.8. The Labute approximate surface area is 124 Å². The zero-order chi connectivity index (χ0) is 16.2. The lowest BCUT2D eigenvalue weighted by atomic mass is 10.3. The van der Waals surface area contributed by atoms with Crippen LogP contribution in [0.1, 0.15) is 5.56 Å². The van der Waals surface area contributed by atoms with Gasteiger partial charge in [-0.1, -0.05) is 0 Å². The first kappa shape index (κ1) is 15.9. The Hall–Kier alpha value is -2.44. The number of methoxy groups -OCH3 is 1. The van der Waals surface area contributed by atoms with E-state index >= 15 is 0 Å². The molecule has 0 N–H and O–H groups in total. The first-order chi connectivity index (χ1) is 10.4. The zero-order valence-electron chi connectivity index (χ0n) is 11.8. The maximum Gasteiger partial charge on any atom is 0.417 e. The number of hydrogen-bond donors (Lipinski definition) is 0. The minimum atomic E-state index is -4.48. The number of aromatic nitrogens is 1. The Morgan fingerprint density at radius 2 is 1.68 bits per heavy atom. The summed E-state index contributed by atoms with van der Waals surface area (Å²) in [6, 6.07) is 8.42. The van der Waals surface area contributed by atoms with Crippen LogP contribution in [0.3, 0.4) is 0 Å². The number of rotatable bonds is 5. The third-order valence-electron chi connectivity index (χ3n) is 2.97. The van der Waals surface area contributed by atoms with Gasteiger partial charge in [0.2, 0.25) is 0 Å². The summed E-state index contributed by atoms with van der Waals surface area (Å²) in [6.07, 6.45) is -3.69. The second-order valence-electron chi connectivity index (χ2n) is 4.47. The molecular formula is C15H14F3NO3. The van der Waals surface area contributed by atoms with E-state index in [-0.39, 0.29) is 13.2 Å². The van der Waals surface area contributed by atoms with E-state index in [4.69, 9.17) is 9.47 Å². The fourth-order valence-corrected chi connectivity index (χ4v) is 1.81. The Morgan fingerprint density at radius 3 is 2.27 bits per heavy atom. The summed E-state index contributed by atoms with van der Waals surface area (Å²) in [5, 5.41) is 0. The van der Waals surface area contributed by atoms with E-state index in [9.17, 15) is 18.0 Å². The van der Waals surface area contributed by atoms with Crippen molar-refractivity contribution in [3.63, 3.8) is 0 Å². The molecule has 0 saturated carbocycles. The van der Waals surface area contributed by atoms with Crippen LogP contribution < -0.4 is 15.0 Å². The average molecular weight is 313 g/mol. The summed E-state index contributed by atoms with van der Waals surface area (Å²) in [7, 11) is 1.54. The molecule has 22 heavy (non-hydrogen) atoms. The van der Waals surface area contributed by atoms with Crippen LogP contribution in [0.15, 0.2) is 47.4 Å². The predicted molar refractivity (Wildman–Crippen MR) is 74.2 cm³/mol. The van der Waals surface area contributed by atoms with Crippen molar-refractivity contribution in [1.82, 2.24) is 4.57 Å². The topological polar surface area (TPSA) is 40.5 Å². The van der Waals surface area contributed by atoms with Crippen molar-refractivity contribution in [1.29, 1.82) is 0 Å². The summed E-state index contributed by atoms with van der Waals surface area (Å²) >= 11 is 0. The van der Waals surface area contributed by atoms with Crippen molar-refractivity contribution in [3.05, 3.63) is 58.5 Å². The second-order valence-corrected chi connectivity index (χ2v) is 4.47. The van der Waals surface area contributed by atoms with Crippen molar-refractivity contribution in [2.24, 2.45) is 0 Å². The number of benzene rings is 1. The number of hydrogen-bond acceptors (Lipinski definition) is 3. The average Bonchev–Trinajstić information content (AvgIpc) is 2.48. The van der Waals surface area contributed by atoms with Crippen LogP contribution in [0, 0.1) is 0 Å². The molecule has 0 aliphatic carbocycles. The monoisotopic (exact) mass is 313 g/mol. The molecule has 0 unspecified atom stereocenters. The van der Waals surface area contributed by atoms with E-state index in [2.05, 4.69) is 0 Å². The van der Waals surface area contributed by atoms with E-state index in [1.54, 1.807) is 24.3 Å². The highest BCUT2D eigenvalue weighted by Gasteiger charge is 2.30. The van der Waals surface area contributed by atoms with Gasteiger partial charge in [0.25, 0.3) is 5.56 Å². The molecule has 2 rings (SSSR count). The molecule has 2 aromatic rings. The third kappa shape index (κ3) is 4.03. The van der Waals surface area contributed by atoms with E-state index in [0.717, 1.165) is 22.9 Å². The molecule has 0 fully saturated rings. The lowest BCUT2D eigenvalue weighted by molar-refractivity contribution is -0.138. The Bertz CT molecular complexity index is 678. The normalized spacial score (nSPS) is 11.3. The smallest absolute Gasteiger partial charge is 0.417 e. The maximum absolute atomic E-state index is 12.6. The van der Waals surface area contributed by atoms with Crippen molar-refractivity contribution < 1.29 is 22.6 Å². The van der Waals surface area contributed by atoms with Gasteiger partial charge in [-0.05, 0) is 30.3 Å². The summed E-state index contributed by atoms with van der Waals surface area (Å²) in [4.78, 5) is 11.5. The highest BCUT2D eigenvalue weighted by Crippen LogP contribution is 2.28. The van der Waals surface area contributed by atoms with Gasteiger partial charge >= 0.3 is 6.18 Å². The van der Waals surface area contributed by atoms with Crippen molar-refractivity contribution in [3.8, 4) is 11.5 Å². The standard InChI is InChI=1S/C15H14F3NO3/c1-21-12-3-5-13(6-4-12)22-9-8-19-10-11(15(16,17)18)2-7-14(19)20/h2-7,10H,8-9H2,1H3.